The summed E-state index contributed by atoms with van der Waals surface area (Å²) in [6.45, 7) is 0. The van der Waals surface area contributed by atoms with E-state index in [9.17, 15) is 0 Å². The molecule has 4 nitrogen and oxygen atoms in total. The van der Waals surface area contributed by atoms with Gasteiger partial charge in [0.25, 0.3) is 0 Å². The van der Waals surface area contributed by atoms with Crippen molar-refractivity contribution in [3.05, 3.63) is 437 Å². The molecule has 0 aliphatic heterocycles. The molecule has 0 radical (unpaired) electrons. The zero-order chi connectivity index (χ0) is 88.0. The Morgan fingerprint density at radius 3 is 0.836 bits per heavy atom. The van der Waals surface area contributed by atoms with Gasteiger partial charge in [0.05, 0.1) is 22.8 Å². The third-order valence-corrected chi connectivity index (χ3v) is 33.7. The summed E-state index contributed by atoms with van der Waals surface area (Å²) in [5, 5.41) is 20.1. The Labute approximate surface area is 794 Å². The van der Waals surface area contributed by atoms with E-state index >= 15 is 0 Å². The maximum absolute atomic E-state index is 5.66. The lowest BCUT2D eigenvalue weighted by Gasteiger charge is -2.20. The minimum Gasteiger partial charge on any atom is -0.228 e. The number of aromatic nitrogens is 4. The number of nitrogens with zero attached hydrogens (tertiary/aromatic N) is 4. The number of benzene rings is 20. The van der Waals surface area contributed by atoms with Crippen LogP contribution in [0.4, 0.5) is 0 Å². The van der Waals surface area contributed by atoms with Crippen LogP contribution in [0.2, 0.25) is 0 Å². The maximum Gasteiger partial charge on any atom is 0.160 e. The lowest BCUT2D eigenvalue weighted by Crippen LogP contribution is -2.00. The van der Waals surface area contributed by atoms with Crippen molar-refractivity contribution in [2.24, 2.45) is 0 Å². The van der Waals surface area contributed by atoms with Crippen LogP contribution in [0.15, 0.2) is 437 Å². The minimum atomic E-state index is 0.690. The van der Waals surface area contributed by atoms with Gasteiger partial charge in [-0.15, -0.1) is 68.0 Å². The lowest BCUT2D eigenvalue weighted by atomic mass is 9.85. The Hall–Kier alpha value is -15.6. The average Bonchev–Trinajstić information content (AvgIpc) is 1.42. The Morgan fingerprint density at radius 2 is 0.425 bits per heavy atom. The first-order chi connectivity index (χ1) is 66.3. The SMILES string of the molecule is c1ccc(-c2nc(-c3ccc4ccccc4c3)cc(-c3c(-c4ccc5sc6ccccc6c5c4)cc(-c4ccc5sc6ccccc6c5c4)cc3-c3ccc4sc5ccccc5c4c3)n2)cc1.c1ccc(-c2nc(-c3ccc4ccccc4c3)cc(-c3c(-c4cccc5c4sc4ccccc45)cc(-c4cccc5c4sc4ccccc45)cc3-c3cccc4c3sc3ccccc34)n2)cc1. The zero-order valence-corrected chi connectivity index (χ0v) is 76.7. The second-order valence-corrected chi connectivity index (χ2v) is 40.8. The average molecular weight is 1810 g/mol. The quantitative estimate of drug-likeness (QED) is 0.122. The number of thiophene rings is 6. The molecule has 0 saturated heterocycles. The molecule has 10 heteroatoms. The van der Waals surface area contributed by atoms with Crippen molar-refractivity contribution in [3.8, 4) is 135 Å². The van der Waals surface area contributed by atoms with Gasteiger partial charge in [-0.2, -0.15) is 0 Å². The molecule has 134 heavy (non-hydrogen) atoms. The van der Waals surface area contributed by atoms with Crippen molar-refractivity contribution in [1.82, 2.24) is 19.9 Å². The van der Waals surface area contributed by atoms with Gasteiger partial charge in [0.15, 0.2) is 11.6 Å². The van der Waals surface area contributed by atoms with Gasteiger partial charge in [0.1, 0.15) is 0 Å². The lowest BCUT2D eigenvalue weighted by molar-refractivity contribution is 1.18. The largest absolute Gasteiger partial charge is 0.228 e. The summed E-state index contributed by atoms with van der Waals surface area (Å²) in [5.41, 5.74) is 23.7. The van der Waals surface area contributed by atoms with E-state index < -0.39 is 0 Å². The first-order valence-corrected chi connectivity index (χ1v) is 50.0. The maximum atomic E-state index is 5.66. The summed E-state index contributed by atoms with van der Waals surface area (Å²) < 4.78 is 15.4. The topological polar surface area (TPSA) is 51.6 Å². The number of hydrogen-bond donors (Lipinski definition) is 0. The summed E-state index contributed by atoms with van der Waals surface area (Å²) in [4.78, 5) is 22.0. The zero-order valence-electron chi connectivity index (χ0n) is 71.8. The van der Waals surface area contributed by atoms with Crippen LogP contribution in [0.5, 0.6) is 0 Å². The number of fused-ring (bicyclic) bond motifs is 20. The molecule has 624 valence electrons. The molecule has 28 rings (SSSR count). The van der Waals surface area contributed by atoms with Gasteiger partial charge in [-0.3, -0.25) is 0 Å². The highest BCUT2D eigenvalue weighted by molar-refractivity contribution is 7.28. The summed E-state index contributed by atoms with van der Waals surface area (Å²) in [7, 11) is 0. The van der Waals surface area contributed by atoms with Crippen molar-refractivity contribution < 1.29 is 0 Å². The molecule has 8 heterocycles. The molecule has 0 N–H and O–H groups in total. The number of hydrogen-bond acceptors (Lipinski definition) is 10. The van der Waals surface area contributed by atoms with E-state index in [1.807, 2.05) is 68.0 Å². The monoisotopic (exact) mass is 1810 g/mol. The molecular weight excluding hydrogens is 1740 g/mol. The highest BCUT2D eigenvalue weighted by atomic mass is 32.1. The van der Waals surface area contributed by atoms with Gasteiger partial charge in [-0.25, -0.2) is 19.9 Å². The van der Waals surface area contributed by atoms with E-state index in [-0.39, 0.29) is 0 Å². The van der Waals surface area contributed by atoms with E-state index in [1.54, 1.807) is 0 Å². The van der Waals surface area contributed by atoms with Crippen LogP contribution >= 0.6 is 68.0 Å². The molecule has 28 aromatic rings. The molecule has 0 spiro atoms. The van der Waals surface area contributed by atoms with E-state index in [0.717, 1.165) is 95.1 Å². The highest BCUT2D eigenvalue weighted by Gasteiger charge is 2.29. The van der Waals surface area contributed by atoms with Gasteiger partial charge in [-0.05, 0) is 199 Å². The van der Waals surface area contributed by atoms with Gasteiger partial charge in [-0.1, -0.05) is 315 Å². The third-order valence-electron chi connectivity index (χ3n) is 26.6. The predicted octanol–water partition coefficient (Wildman–Crippen LogP) is 37.5. The first-order valence-electron chi connectivity index (χ1n) is 45.1. The van der Waals surface area contributed by atoms with Gasteiger partial charge < -0.3 is 0 Å². The Kier molecular flexibility index (Phi) is 18.8. The third kappa shape index (κ3) is 13.5. The molecule has 0 atom stereocenters. The fourth-order valence-corrected chi connectivity index (χ4v) is 27.2. The fraction of sp³-hybridized carbons (Fsp3) is 0. The van der Waals surface area contributed by atoms with E-state index in [0.29, 0.717) is 11.6 Å². The van der Waals surface area contributed by atoms with Crippen LogP contribution in [0.25, 0.3) is 277 Å². The molecule has 8 aromatic heterocycles. The Bertz CT molecular complexity index is 9420. The van der Waals surface area contributed by atoms with Crippen LogP contribution in [0.3, 0.4) is 0 Å². The van der Waals surface area contributed by atoms with Crippen LogP contribution in [-0.2, 0) is 0 Å². The van der Waals surface area contributed by atoms with Crippen molar-refractivity contribution >= 4 is 211 Å². The molecule has 0 saturated carbocycles. The van der Waals surface area contributed by atoms with Crippen molar-refractivity contribution in [1.29, 1.82) is 0 Å². The minimum absolute atomic E-state index is 0.690. The normalized spacial score (nSPS) is 11.9. The van der Waals surface area contributed by atoms with Gasteiger partial charge in [0, 0.05) is 166 Å². The second-order valence-electron chi connectivity index (χ2n) is 34.4. The summed E-state index contributed by atoms with van der Waals surface area (Å²) in [5.74, 6) is 1.38. The van der Waals surface area contributed by atoms with E-state index in [4.69, 9.17) is 19.9 Å². The van der Waals surface area contributed by atoms with E-state index in [1.165, 1.54) is 170 Å². The molecule has 0 aliphatic carbocycles. The van der Waals surface area contributed by atoms with Crippen LogP contribution in [-0.4, -0.2) is 19.9 Å². The summed E-state index contributed by atoms with van der Waals surface area (Å²) in [6.07, 6.45) is 0. The standard InChI is InChI=1S/2C62H36N2S3/c1-2-16-38(17-3-1)62-63-53(40-32-31-37-15-4-5-18-39(37)33-40)36-54(64-62)58-51(49-26-13-24-47-44-20-7-10-29-56(44)66-60(47)49)34-41(42-22-12-23-46-43-19-6-9-28-55(43)65-59(42)46)35-52(58)50-27-14-25-48-45-21-8-11-30-57(45)67-61(48)50;1-2-13-38(14-3-1)62-63-53(43-23-22-37-12-4-5-15-39(37)30-43)36-54(64-62)61-48(41-25-28-59-51(32-41)46-17-7-10-20-56(46)66-59)34-44(40-24-27-58-50(31-40)45-16-6-9-19-55(45)65-58)35-49(61)42-26-29-60-52(33-42)47-18-8-11-21-57(47)67-60/h2*1-36H. The molecule has 20 aromatic carbocycles. The van der Waals surface area contributed by atoms with Gasteiger partial charge in [0.2, 0.25) is 0 Å². The highest BCUT2D eigenvalue weighted by Crippen LogP contribution is 2.55. The van der Waals surface area contributed by atoms with Crippen LogP contribution in [0, 0.1) is 0 Å². The van der Waals surface area contributed by atoms with Crippen molar-refractivity contribution in [2.75, 3.05) is 0 Å². The Balaban J connectivity index is 0.000000136. The smallest absolute Gasteiger partial charge is 0.160 e. The van der Waals surface area contributed by atoms with Crippen molar-refractivity contribution in [2.45, 2.75) is 0 Å². The van der Waals surface area contributed by atoms with Gasteiger partial charge >= 0.3 is 0 Å². The molecule has 0 fully saturated rings. The number of rotatable bonds is 12. The molecule has 0 aliphatic rings. The van der Waals surface area contributed by atoms with Crippen LogP contribution < -0.4 is 0 Å². The second kappa shape index (κ2) is 32.2. The van der Waals surface area contributed by atoms with E-state index in [2.05, 4.69) is 437 Å². The summed E-state index contributed by atoms with van der Waals surface area (Å²) >= 11 is 11.2. The molecular formula is C124H72N4S6. The fourth-order valence-electron chi connectivity index (χ4n) is 20.2. The molecule has 0 amide bonds. The predicted molar refractivity (Wildman–Crippen MR) is 582 cm³/mol. The molecule has 0 bridgehead atoms. The molecule has 0 unspecified atom stereocenters. The summed E-state index contributed by atoms with van der Waals surface area (Å²) in [6, 6.07) is 160. The Morgan fingerprint density at radius 1 is 0.134 bits per heavy atom. The van der Waals surface area contributed by atoms with Crippen molar-refractivity contribution in [3.63, 3.8) is 0 Å². The van der Waals surface area contributed by atoms with Crippen LogP contribution in [0.1, 0.15) is 0 Å². The first kappa shape index (κ1) is 78.3.